The molecule has 0 radical (unpaired) electrons. The Kier molecular flexibility index (Phi) is 11.2. The molecule has 1 aromatic rings. The Labute approximate surface area is 168 Å². The van der Waals surface area contributed by atoms with E-state index in [0.29, 0.717) is 24.8 Å². The van der Waals surface area contributed by atoms with E-state index < -0.39 is 0 Å². The molecule has 0 saturated carbocycles. The fourth-order valence-electron chi connectivity index (χ4n) is 3.27. The number of hydrogen-bond acceptors (Lipinski definition) is 5. The van der Waals surface area contributed by atoms with Crippen LogP contribution in [0.15, 0.2) is 5.16 Å². The number of aromatic nitrogens is 3. The first-order chi connectivity index (χ1) is 12.1. The largest absolute Gasteiger partial charge is 0.356 e. The molecule has 6 nitrogen and oxygen atoms in total. The van der Waals surface area contributed by atoms with Gasteiger partial charge in [0.1, 0.15) is 5.82 Å². The van der Waals surface area contributed by atoms with Gasteiger partial charge in [-0.05, 0) is 56.9 Å². The van der Waals surface area contributed by atoms with Crippen LogP contribution in [0.25, 0.3) is 0 Å². The summed E-state index contributed by atoms with van der Waals surface area (Å²) in [6, 6.07) is 0. The van der Waals surface area contributed by atoms with Gasteiger partial charge in [-0.1, -0.05) is 25.6 Å². The third kappa shape index (κ3) is 7.84. The lowest BCUT2D eigenvalue weighted by molar-refractivity contribution is -0.121. The predicted molar refractivity (Wildman–Crippen MR) is 110 cm³/mol. The van der Waals surface area contributed by atoms with E-state index in [1.807, 2.05) is 6.26 Å². The van der Waals surface area contributed by atoms with Crippen LogP contribution in [0.5, 0.6) is 0 Å². The van der Waals surface area contributed by atoms with Gasteiger partial charge in [-0.15, -0.1) is 22.6 Å². The number of hydrogen-bond donors (Lipinski definition) is 2. The van der Waals surface area contributed by atoms with Crippen molar-refractivity contribution in [1.82, 2.24) is 25.4 Å². The molecule has 0 aromatic carbocycles. The number of carbonyl (C=O) groups is 1. The highest BCUT2D eigenvalue weighted by atomic mass is 35.5. The summed E-state index contributed by atoms with van der Waals surface area (Å²) in [5, 5.41) is 16.0. The van der Waals surface area contributed by atoms with Crippen LogP contribution < -0.4 is 10.6 Å². The summed E-state index contributed by atoms with van der Waals surface area (Å²) in [5.74, 6) is 2.50. The van der Waals surface area contributed by atoms with Gasteiger partial charge in [-0.3, -0.25) is 4.79 Å². The zero-order chi connectivity index (χ0) is 18.1. The van der Waals surface area contributed by atoms with Crippen LogP contribution in [0.1, 0.15) is 51.8 Å². The molecule has 0 spiro atoms. The van der Waals surface area contributed by atoms with E-state index in [4.69, 9.17) is 0 Å². The topological polar surface area (TPSA) is 71.8 Å². The zero-order valence-corrected chi connectivity index (χ0v) is 17.9. The Bertz CT molecular complexity index is 532. The van der Waals surface area contributed by atoms with Crippen molar-refractivity contribution in [3.05, 3.63) is 5.82 Å². The van der Waals surface area contributed by atoms with Crippen LogP contribution in [0.4, 0.5) is 0 Å². The van der Waals surface area contributed by atoms with Crippen molar-refractivity contribution in [2.75, 3.05) is 25.9 Å². The monoisotopic (exact) mass is 403 g/mol. The van der Waals surface area contributed by atoms with E-state index in [2.05, 4.69) is 39.2 Å². The van der Waals surface area contributed by atoms with Gasteiger partial charge in [0.25, 0.3) is 0 Å². The molecule has 0 aliphatic carbocycles. The zero-order valence-electron chi connectivity index (χ0n) is 16.3. The van der Waals surface area contributed by atoms with Gasteiger partial charge in [0.15, 0.2) is 5.16 Å². The molecule has 1 aliphatic rings. The van der Waals surface area contributed by atoms with Crippen molar-refractivity contribution in [2.45, 2.75) is 64.1 Å². The van der Waals surface area contributed by atoms with Gasteiger partial charge >= 0.3 is 0 Å². The lowest BCUT2D eigenvalue weighted by atomic mass is 9.93. The number of halogens is 1. The van der Waals surface area contributed by atoms with Crippen molar-refractivity contribution in [2.24, 2.45) is 11.8 Å². The molecule has 0 bridgehead atoms. The molecule has 1 aliphatic heterocycles. The van der Waals surface area contributed by atoms with Crippen LogP contribution in [-0.4, -0.2) is 46.6 Å². The second-order valence-corrected chi connectivity index (χ2v) is 8.07. The second kappa shape index (κ2) is 12.6. The molecule has 1 aromatic heterocycles. The maximum absolute atomic E-state index is 12.0. The van der Waals surface area contributed by atoms with Gasteiger partial charge in [0.2, 0.25) is 5.91 Å². The second-order valence-electron chi connectivity index (χ2n) is 7.29. The highest BCUT2D eigenvalue weighted by molar-refractivity contribution is 7.98. The normalized spacial score (nSPS) is 15.1. The van der Waals surface area contributed by atoms with E-state index in [1.54, 1.807) is 11.8 Å². The lowest BCUT2D eigenvalue weighted by Crippen LogP contribution is -2.29. The Morgan fingerprint density at radius 1 is 1.35 bits per heavy atom. The highest BCUT2D eigenvalue weighted by Crippen LogP contribution is 2.18. The quantitative estimate of drug-likeness (QED) is 0.464. The molecular formula is C18H34ClN5OS. The number of piperidine rings is 1. The average molecular weight is 404 g/mol. The molecule has 0 atom stereocenters. The summed E-state index contributed by atoms with van der Waals surface area (Å²) in [6.07, 6.45) is 7.89. The molecular weight excluding hydrogens is 370 g/mol. The van der Waals surface area contributed by atoms with Gasteiger partial charge in [-0.25, -0.2) is 0 Å². The van der Waals surface area contributed by atoms with E-state index in [0.717, 1.165) is 49.9 Å². The predicted octanol–water partition coefficient (Wildman–Crippen LogP) is 2.91. The van der Waals surface area contributed by atoms with E-state index >= 15 is 0 Å². The van der Waals surface area contributed by atoms with Crippen LogP contribution in [0.3, 0.4) is 0 Å². The molecule has 1 fully saturated rings. The summed E-state index contributed by atoms with van der Waals surface area (Å²) in [4.78, 5) is 12.0. The fraction of sp³-hybridized carbons (Fsp3) is 0.833. The van der Waals surface area contributed by atoms with Gasteiger partial charge in [0, 0.05) is 25.9 Å². The molecule has 150 valence electrons. The first-order valence-electron chi connectivity index (χ1n) is 9.53. The summed E-state index contributed by atoms with van der Waals surface area (Å²) in [7, 11) is 0. The number of nitrogens with one attached hydrogen (secondary N) is 2. The minimum absolute atomic E-state index is 0. The Morgan fingerprint density at radius 3 is 2.73 bits per heavy atom. The van der Waals surface area contributed by atoms with Crippen molar-refractivity contribution in [1.29, 1.82) is 0 Å². The van der Waals surface area contributed by atoms with Crippen molar-refractivity contribution < 1.29 is 4.79 Å². The first-order valence-corrected chi connectivity index (χ1v) is 10.8. The molecule has 26 heavy (non-hydrogen) atoms. The van der Waals surface area contributed by atoms with Gasteiger partial charge in [0.05, 0.1) is 0 Å². The highest BCUT2D eigenvalue weighted by Gasteiger charge is 2.15. The van der Waals surface area contributed by atoms with Crippen LogP contribution in [0.2, 0.25) is 0 Å². The van der Waals surface area contributed by atoms with Crippen LogP contribution >= 0.6 is 24.2 Å². The van der Waals surface area contributed by atoms with E-state index in [9.17, 15) is 4.79 Å². The van der Waals surface area contributed by atoms with Gasteiger partial charge in [-0.2, -0.15) is 0 Å². The summed E-state index contributed by atoms with van der Waals surface area (Å²) in [6.45, 7) is 8.27. The standard InChI is InChI=1S/C18H33N5OS.ClH/c1-14(2)13-23-16(21-22-18(23)25-3)5-4-10-20-17(24)7-6-15-8-11-19-12-9-15;/h14-15,19H,4-13H2,1-3H3,(H,20,24);1H. The maximum atomic E-state index is 12.0. The maximum Gasteiger partial charge on any atom is 0.220 e. The SMILES string of the molecule is CSc1nnc(CCCNC(=O)CCC2CCNCC2)n1CC(C)C.Cl. The fourth-order valence-corrected chi connectivity index (χ4v) is 3.79. The van der Waals surface area contributed by atoms with Crippen molar-refractivity contribution in [3.8, 4) is 0 Å². The molecule has 8 heteroatoms. The van der Waals surface area contributed by atoms with Crippen molar-refractivity contribution in [3.63, 3.8) is 0 Å². The molecule has 1 saturated heterocycles. The van der Waals surface area contributed by atoms with Gasteiger partial charge < -0.3 is 15.2 Å². The molecule has 0 unspecified atom stereocenters. The average Bonchev–Trinajstić information content (AvgIpc) is 2.99. The Balaban J connectivity index is 0.00000338. The summed E-state index contributed by atoms with van der Waals surface area (Å²) < 4.78 is 2.22. The number of rotatable bonds is 10. The van der Waals surface area contributed by atoms with Crippen LogP contribution in [0, 0.1) is 11.8 Å². The van der Waals surface area contributed by atoms with E-state index in [-0.39, 0.29) is 18.3 Å². The molecule has 1 amide bonds. The van der Waals surface area contributed by atoms with E-state index in [1.165, 1.54) is 12.8 Å². The van der Waals surface area contributed by atoms with Crippen LogP contribution in [-0.2, 0) is 17.8 Å². The Hall–Kier alpha value is -0.790. The third-order valence-electron chi connectivity index (χ3n) is 4.66. The lowest BCUT2D eigenvalue weighted by Gasteiger charge is -2.22. The molecule has 2 N–H and O–H groups in total. The summed E-state index contributed by atoms with van der Waals surface area (Å²) >= 11 is 1.64. The number of aryl methyl sites for hydroxylation is 1. The number of carbonyl (C=O) groups excluding carboxylic acids is 1. The summed E-state index contributed by atoms with van der Waals surface area (Å²) in [5.41, 5.74) is 0. The minimum atomic E-state index is 0. The third-order valence-corrected chi connectivity index (χ3v) is 5.33. The number of amides is 1. The van der Waals surface area contributed by atoms with Crippen molar-refractivity contribution >= 4 is 30.1 Å². The molecule has 2 heterocycles. The number of nitrogens with zero attached hydrogens (tertiary/aromatic N) is 3. The molecule has 2 rings (SSSR count). The minimum Gasteiger partial charge on any atom is -0.356 e. The smallest absolute Gasteiger partial charge is 0.220 e. The Morgan fingerprint density at radius 2 is 2.08 bits per heavy atom. The number of thioether (sulfide) groups is 1. The first kappa shape index (κ1) is 23.2.